The van der Waals surface area contributed by atoms with Gasteiger partial charge in [0.2, 0.25) is 0 Å². The van der Waals surface area contributed by atoms with Gasteiger partial charge < -0.3 is 86.8 Å². The number of fused-ring (bicyclic) bond motifs is 18. The lowest BCUT2D eigenvalue weighted by atomic mass is 10.0. The summed E-state index contributed by atoms with van der Waals surface area (Å²) in [6.45, 7) is 14.0. The van der Waals surface area contributed by atoms with Crippen LogP contribution >= 0.6 is 23.0 Å². The maximum Gasteiger partial charge on any atom is 0.460 e. The molecule has 12 aromatic rings. The number of ether oxygens (including phenoxy) is 7. The van der Waals surface area contributed by atoms with Crippen LogP contribution in [-0.4, -0.2) is 92.5 Å². The largest absolute Gasteiger partial charge is 0.460 e. The van der Waals surface area contributed by atoms with Gasteiger partial charge in [0.1, 0.15) is 33.5 Å². The second-order valence-corrected chi connectivity index (χ2v) is 34.4. The van der Waals surface area contributed by atoms with Crippen molar-refractivity contribution < 1.29 is 86.8 Å². The van der Waals surface area contributed by atoms with Crippen molar-refractivity contribution in [2.24, 2.45) is 13.5 Å². The summed E-state index contributed by atoms with van der Waals surface area (Å²) in [7, 11) is -15.5. The highest BCUT2D eigenvalue weighted by Gasteiger charge is 2.53. The first kappa shape index (κ1) is 79.6. The van der Waals surface area contributed by atoms with Crippen molar-refractivity contribution in [2.45, 2.75) is 109 Å². The molecule has 0 amide bonds. The second-order valence-electron chi connectivity index (χ2n) is 28.2. The van der Waals surface area contributed by atoms with E-state index in [1.165, 1.54) is 126 Å². The molecular formula is C85H86N3O25P3. The molecule has 31 heteroatoms. The van der Waals surface area contributed by atoms with Crippen molar-refractivity contribution in [1.82, 2.24) is 0 Å². The van der Waals surface area contributed by atoms with E-state index in [0.29, 0.717) is 0 Å². The van der Waals surface area contributed by atoms with Gasteiger partial charge in [0.25, 0.3) is 0 Å². The minimum Gasteiger partial charge on any atom is -0.422 e. The Morgan fingerprint density at radius 3 is 0.466 bits per heavy atom. The highest BCUT2D eigenvalue weighted by Crippen LogP contribution is 2.80. The Labute approximate surface area is 663 Å². The monoisotopic (exact) mass is 1640 g/mol. The van der Waals surface area contributed by atoms with Crippen LogP contribution in [0, 0.1) is 0 Å². The fourth-order valence-electron chi connectivity index (χ4n) is 14.1. The van der Waals surface area contributed by atoms with Crippen LogP contribution in [0.3, 0.4) is 0 Å². The third-order valence-corrected chi connectivity index (χ3v) is 27.9. The molecule has 0 N–H and O–H groups in total. The molecular weight excluding hydrogens is 1560 g/mol. The fraction of sp³-hybridized carbons (Fsp3) is 0.365. The molecule has 116 heavy (non-hydrogen) atoms. The van der Waals surface area contributed by atoms with Gasteiger partial charge >= 0.3 is 56.7 Å². The van der Waals surface area contributed by atoms with E-state index >= 15 is 0 Å². The summed E-state index contributed by atoms with van der Waals surface area (Å²) in [6, 6.07) is 38.5. The SMILES string of the molecule is C1CCOC1.C1CCOC1.C1CCOC1.C1CCOC1.C1CCOC1.C1CCOC1.C1CCOC1.O=c1oc2ccccc2c2c1Cc1c(c3ccccc3oc1=O)OP1(=NP3(=NP4(=N1)Oc1c(c(=O)oc5ccccc15)Cc1c(c5ccccc5oc1=O)O4)Oc1c(c(=O)oc4ccccc14)Cc1c(c4ccccc4oc1=O)O3)O2. The second kappa shape index (κ2) is 36.9. The average Bonchev–Trinajstić information content (AvgIpc) is 1.16. The molecule has 7 fully saturated rings. The molecule has 0 atom stereocenters. The van der Waals surface area contributed by atoms with Crippen molar-refractivity contribution in [1.29, 1.82) is 0 Å². The first-order valence-electron chi connectivity index (χ1n) is 39.3. The number of benzene rings is 6. The summed E-state index contributed by atoms with van der Waals surface area (Å²) in [6.07, 6.45) is 16.5. The van der Waals surface area contributed by atoms with Crippen molar-refractivity contribution >= 4 is 88.8 Å². The predicted octanol–water partition coefficient (Wildman–Crippen LogP) is 18.2. The molecule has 3 spiro atoms. The lowest BCUT2D eigenvalue weighted by Gasteiger charge is -2.36. The standard InChI is InChI=1S/C57H30N3O18P3.7C4H8O/c61-52-34-25-35-47(29-14-2-8-20-41(29)68-53(35)62)74-79(73-46(34)28-13-1-7-19-40(28)67-52)58-80(75-48-30-15-3-9-21-42(30)69-54(63)36(48)26-37-49(76-80)31-16-4-10-22-43(31)70-55(37)64)60-81(59-79)77-50-32-17-5-11-23-44(32)71-56(65)38(50)27-39-51(78-81)33-18-6-12-24-45(33)72-57(39)66;7*1-2-4-5-3-1/h1-24H,25-27H2;7*1-4H2. The van der Waals surface area contributed by atoms with E-state index in [0.717, 1.165) is 92.5 Å². The van der Waals surface area contributed by atoms with Gasteiger partial charge in [0.15, 0.2) is 34.5 Å². The summed E-state index contributed by atoms with van der Waals surface area (Å²) in [5.41, 5.74) is -6.48. The lowest BCUT2D eigenvalue weighted by Crippen LogP contribution is -2.23. The molecule has 11 aliphatic rings. The van der Waals surface area contributed by atoms with Crippen LogP contribution in [0.2, 0.25) is 0 Å². The Hall–Kier alpha value is -10.2. The molecule has 0 radical (unpaired) electrons. The Morgan fingerprint density at radius 1 is 0.198 bits per heavy atom. The minimum atomic E-state index is -5.15. The zero-order valence-corrected chi connectivity index (χ0v) is 66.3. The summed E-state index contributed by atoms with van der Waals surface area (Å²) >= 11 is 0. The highest BCUT2D eigenvalue weighted by atomic mass is 31.3. The van der Waals surface area contributed by atoms with Gasteiger partial charge in [-0.1, -0.05) is 86.3 Å². The first-order chi connectivity index (χ1) is 56.9. The van der Waals surface area contributed by atoms with Crippen molar-refractivity contribution in [3.8, 4) is 34.5 Å². The summed E-state index contributed by atoms with van der Waals surface area (Å²) in [5.74, 6) is -1.37. The Balaban J connectivity index is 0.000000236. The summed E-state index contributed by atoms with van der Waals surface area (Å²) < 4.78 is 130. The van der Waals surface area contributed by atoms with E-state index < -0.39 is 76.0 Å². The van der Waals surface area contributed by atoms with Crippen LogP contribution in [0.1, 0.15) is 123 Å². The quantitative estimate of drug-likeness (QED) is 0.100. The molecule has 606 valence electrons. The van der Waals surface area contributed by atoms with Gasteiger partial charge in [0, 0.05) is 112 Å². The normalized spacial score (nSPS) is 18.4. The number of para-hydroxylation sites is 6. The average molecular weight is 1640 g/mol. The molecule has 6 aromatic carbocycles. The van der Waals surface area contributed by atoms with Crippen LogP contribution in [-0.2, 0) is 52.4 Å². The Morgan fingerprint density at radius 2 is 0.336 bits per heavy atom. The Kier molecular flexibility index (Phi) is 25.4. The topological polar surface area (TPSA) is 338 Å². The minimum absolute atomic E-state index is 0.0388. The number of nitrogens with zero attached hydrogens (tertiary/aromatic N) is 3. The molecule has 23 rings (SSSR count). The molecule has 28 nitrogen and oxygen atoms in total. The van der Waals surface area contributed by atoms with Crippen molar-refractivity contribution in [3.05, 3.63) is 241 Å². The fourth-order valence-corrected chi connectivity index (χ4v) is 23.4. The maximum atomic E-state index is 14.6. The predicted molar refractivity (Wildman–Crippen MR) is 436 cm³/mol. The molecule has 11 aliphatic heterocycles. The highest BCUT2D eigenvalue weighted by molar-refractivity contribution is 7.79. The van der Waals surface area contributed by atoms with E-state index in [1.54, 1.807) is 109 Å². The van der Waals surface area contributed by atoms with E-state index in [-0.39, 0.29) is 134 Å². The van der Waals surface area contributed by atoms with Gasteiger partial charge in [0.05, 0.1) is 65.7 Å². The molecule has 0 aliphatic carbocycles. The number of hydrogen-bond donors (Lipinski definition) is 0. The first-order valence-corrected chi connectivity index (χ1v) is 43.9. The Bertz CT molecular complexity index is 5140. The molecule has 0 saturated carbocycles. The zero-order valence-electron chi connectivity index (χ0n) is 63.7. The van der Waals surface area contributed by atoms with Gasteiger partial charge in [-0.2, -0.15) is 0 Å². The van der Waals surface area contributed by atoms with Crippen molar-refractivity contribution in [3.63, 3.8) is 0 Å². The summed E-state index contributed by atoms with van der Waals surface area (Å²) in [5, 5.41) is 1.09. The molecule has 17 heterocycles. The van der Waals surface area contributed by atoms with Crippen LogP contribution in [0.4, 0.5) is 0 Å². The van der Waals surface area contributed by atoms with Crippen LogP contribution < -0.4 is 60.9 Å². The van der Waals surface area contributed by atoms with Gasteiger partial charge in [-0.3, -0.25) is 0 Å². The van der Waals surface area contributed by atoms with E-state index in [1.807, 2.05) is 0 Å². The molecule has 0 unspecified atom stereocenters. The summed E-state index contributed by atoms with van der Waals surface area (Å²) in [4.78, 5) is 87.6. The van der Waals surface area contributed by atoms with Gasteiger partial charge in [-0.25, -0.2) is 28.8 Å². The number of rotatable bonds is 0. The van der Waals surface area contributed by atoms with E-state index in [4.69, 9.17) is 100 Å². The molecule has 0 bridgehead atoms. The smallest absolute Gasteiger partial charge is 0.422 e. The van der Waals surface area contributed by atoms with Crippen molar-refractivity contribution in [2.75, 3.05) is 92.5 Å². The maximum absolute atomic E-state index is 14.6. The third-order valence-electron chi connectivity index (χ3n) is 19.9. The zero-order chi connectivity index (χ0) is 79.3. The van der Waals surface area contributed by atoms with E-state index in [9.17, 15) is 28.8 Å². The molecule has 7 saturated heterocycles. The number of hydrogen-bond acceptors (Lipinski definition) is 28. The van der Waals surface area contributed by atoms with Gasteiger partial charge in [-0.15, -0.1) is 0 Å². The molecule has 6 aromatic heterocycles. The van der Waals surface area contributed by atoms with Crippen LogP contribution in [0.25, 0.3) is 65.8 Å². The van der Waals surface area contributed by atoms with Gasteiger partial charge in [-0.05, 0) is 163 Å². The van der Waals surface area contributed by atoms with Crippen LogP contribution in [0.5, 0.6) is 34.5 Å². The van der Waals surface area contributed by atoms with Crippen LogP contribution in [0.15, 0.2) is 214 Å². The third kappa shape index (κ3) is 18.0. The van der Waals surface area contributed by atoms with E-state index in [2.05, 4.69) is 0 Å². The lowest BCUT2D eigenvalue weighted by molar-refractivity contribution is 0.198.